The van der Waals surface area contributed by atoms with Crippen LogP contribution in [0.4, 0.5) is 10.1 Å². The number of halogens is 3. The van der Waals surface area contributed by atoms with Crippen molar-refractivity contribution in [3.05, 3.63) is 117 Å². The van der Waals surface area contributed by atoms with Gasteiger partial charge < -0.3 is 10.1 Å². The highest BCUT2D eigenvalue weighted by atomic mass is 79.9. The predicted octanol–water partition coefficient (Wildman–Crippen LogP) is 8.58. The second-order valence-corrected chi connectivity index (χ2v) is 9.26. The van der Waals surface area contributed by atoms with Crippen molar-refractivity contribution in [3.8, 4) is 5.75 Å². The maximum atomic E-state index is 15.6. The van der Waals surface area contributed by atoms with Gasteiger partial charge in [0.05, 0.1) is 15.1 Å². The number of ether oxygens (including phenoxy) is 1. The number of rotatable bonds is 8. The van der Waals surface area contributed by atoms with E-state index in [1.54, 1.807) is 0 Å². The molecule has 162 valence electrons. The molecule has 0 aliphatic rings. The third-order valence-corrected chi connectivity index (χ3v) is 6.90. The van der Waals surface area contributed by atoms with E-state index in [-0.39, 0.29) is 16.8 Å². The lowest BCUT2D eigenvalue weighted by Gasteiger charge is -2.20. The standard InChI is InChI=1S/C26H20BrClFNOS/c27-21-23(29)26(32-20-14-8-3-9-15-20)24(30-16-18-10-4-1-5-11-18)22(28)25(21)31-17-19-12-6-2-7-13-19/h1-15,30H,16-17H2. The molecule has 0 atom stereocenters. The summed E-state index contributed by atoms with van der Waals surface area (Å²) in [4.78, 5) is 1.33. The minimum absolute atomic E-state index is 0.210. The molecular formula is C26H20BrClFNOS. The zero-order valence-corrected chi connectivity index (χ0v) is 20.2. The lowest BCUT2D eigenvalue weighted by atomic mass is 10.2. The minimum atomic E-state index is -0.415. The molecule has 1 N–H and O–H groups in total. The Morgan fingerprint density at radius 1 is 0.844 bits per heavy atom. The maximum absolute atomic E-state index is 15.6. The van der Waals surface area contributed by atoms with Gasteiger partial charge in [0.15, 0.2) is 11.6 Å². The van der Waals surface area contributed by atoms with Crippen LogP contribution in [0.1, 0.15) is 11.1 Å². The summed E-state index contributed by atoms with van der Waals surface area (Å²) in [6.45, 7) is 0.782. The van der Waals surface area contributed by atoms with Gasteiger partial charge in [-0.25, -0.2) is 4.39 Å². The second kappa shape index (κ2) is 10.9. The lowest BCUT2D eigenvalue weighted by molar-refractivity contribution is 0.302. The summed E-state index contributed by atoms with van der Waals surface area (Å²) in [5.74, 6) is -0.136. The van der Waals surface area contributed by atoms with E-state index in [1.807, 2.05) is 91.0 Å². The average Bonchev–Trinajstić information content (AvgIpc) is 2.84. The normalized spacial score (nSPS) is 10.7. The van der Waals surface area contributed by atoms with Crippen LogP contribution in [0.15, 0.2) is 105 Å². The SMILES string of the molecule is Fc1c(Br)c(OCc2ccccc2)c(Cl)c(NCc2ccccc2)c1Sc1ccccc1. The fourth-order valence-corrected chi connectivity index (χ4v) is 5.24. The minimum Gasteiger partial charge on any atom is -0.486 e. The van der Waals surface area contributed by atoms with Crippen LogP contribution in [0.3, 0.4) is 0 Å². The number of nitrogens with one attached hydrogen (secondary N) is 1. The second-order valence-electron chi connectivity index (χ2n) is 7.00. The average molecular weight is 529 g/mol. The fourth-order valence-electron chi connectivity index (χ4n) is 3.12. The van der Waals surface area contributed by atoms with Crippen molar-refractivity contribution in [1.29, 1.82) is 0 Å². The quantitative estimate of drug-likeness (QED) is 0.231. The lowest BCUT2D eigenvalue weighted by Crippen LogP contribution is -2.06. The zero-order valence-electron chi connectivity index (χ0n) is 17.0. The van der Waals surface area contributed by atoms with Gasteiger partial charge in [0.25, 0.3) is 0 Å². The Balaban J connectivity index is 1.70. The van der Waals surface area contributed by atoms with Crippen LogP contribution in [-0.2, 0) is 13.2 Å². The molecule has 0 unspecified atom stereocenters. The van der Waals surface area contributed by atoms with Gasteiger partial charge in [-0.3, -0.25) is 0 Å². The van der Waals surface area contributed by atoms with E-state index < -0.39 is 5.82 Å². The Morgan fingerprint density at radius 3 is 2.03 bits per heavy atom. The molecule has 0 aliphatic heterocycles. The predicted molar refractivity (Wildman–Crippen MR) is 134 cm³/mol. The van der Waals surface area contributed by atoms with Crippen LogP contribution in [-0.4, -0.2) is 0 Å². The highest BCUT2D eigenvalue weighted by Crippen LogP contribution is 2.49. The molecule has 4 aromatic carbocycles. The Morgan fingerprint density at radius 2 is 1.41 bits per heavy atom. The summed E-state index contributed by atoms with van der Waals surface area (Å²) in [7, 11) is 0. The van der Waals surface area contributed by atoms with Crippen LogP contribution in [0.2, 0.25) is 5.02 Å². The van der Waals surface area contributed by atoms with Crippen LogP contribution < -0.4 is 10.1 Å². The number of hydrogen-bond acceptors (Lipinski definition) is 3. The Kier molecular flexibility index (Phi) is 7.74. The van der Waals surface area contributed by atoms with Gasteiger partial charge >= 0.3 is 0 Å². The first-order valence-electron chi connectivity index (χ1n) is 10.0. The fraction of sp³-hybridized carbons (Fsp3) is 0.0769. The summed E-state index contributed by atoms with van der Waals surface area (Å²) in [5, 5.41) is 3.67. The molecule has 6 heteroatoms. The topological polar surface area (TPSA) is 21.3 Å². The summed E-state index contributed by atoms with van der Waals surface area (Å²) in [5.41, 5.74) is 2.54. The molecule has 0 heterocycles. The van der Waals surface area contributed by atoms with E-state index in [2.05, 4.69) is 21.2 Å². The van der Waals surface area contributed by atoms with Crippen LogP contribution in [0.5, 0.6) is 5.75 Å². The Hall–Kier alpha value is -2.47. The van der Waals surface area contributed by atoms with E-state index >= 15 is 4.39 Å². The molecule has 0 aromatic heterocycles. The number of hydrogen-bond donors (Lipinski definition) is 1. The van der Waals surface area contributed by atoms with E-state index in [1.165, 1.54) is 11.8 Å². The highest BCUT2D eigenvalue weighted by Gasteiger charge is 2.24. The van der Waals surface area contributed by atoms with Gasteiger partial charge in [0, 0.05) is 11.4 Å². The summed E-state index contributed by atoms with van der Waals surface area (Å²) in [6, 6.07) is 29.3. The van der Waals surface area contributed by atoms with E-state index in [4.69, 9.17) is 16.3 Å². The monoisotopic (exact) mass is 527 g/mol. The summed E-state index contributed by atoms with van der Waals surface area (Å²) in [6.07, 6.45) is 0. The molecule has 4 rings (SSSR count). The Labute approximate surface area is 204 Å². The van der Waals surface area contributed by atoms with Gasteiger partial charge in [-0.1, -0.05) is 102 Å². The van der Waals surface area contributed by atoms with Crippen molar-refractivity contribution in [3.63, 3.8) is 0 Å². The molecule has 0 radical (unpaired) electrons. The van der Waals surface area contributed by atoms with Gasteiger partial charge in [-0.15, -0.1) is 0 Å². The first-order chi connectivity index (χ1) is 15.6. The molecule has 0 fully saturated rings. The third-order valence-electron chi connectivity index (χ3n) is 4.74. The number of benzene rings is 4. The van der Waals surface area contributed by atoms with Crippen molar-refractivity contribution in [2.75, 3.05) is 5.32 Å². The van der Waals surface area contributed by atoms with Gasteiger partial charge in [0.2, 0.25) is 0 Å². The number of anilines is 1. The molecule has 0 spiro atoms. The molecular weight excluding hydrogens is 509 g/mol. The molecule has 0 bridgehead atoms. The van der Waals surface area contributed by atoms with Crippen LogP contribution >= 0.6 is 39.3 Å². The van der Waals surface area contributed by atoms with Gasteiger partial charge in [-0.2, -0.15) is 0 Å². The molecule has 0 aliphatic carbocycles. The first kappa shape index (κ1) is 22.7. The van der Waals surface area contributed by atoms with Crippen molar-refractivity contribution in [2.45, 2.75) is 22.9 Å². The first-order valence-corrected chi connectivity index (χ1v) is 12.0. The zero-order chi connectivity index (χ0) is 22.3. The van der Waals surface area contributed by atoms with Crippen LogP contribution in [0, 0.1) is 5.82 Å². The third kappa shape index (κ3) is 5.47. The molecule has 32 heavy (non-hydrogen) atoms. The van der Waals surface area contributed by atoms with Crippen LogP contribution in [0.25, 0.3) is 0 Å². The van der Waals surface area contributed by atoms with Gasteiger partial charge in [-0.05, 0) is 39.2 Å². The molecule has 0 amide bonds. The maximum Gasteiger partial charge on any atom is 0.157 e. The largest absolute Gasteiger partial charge is 0.486 e. The smallest absolute Gasteiger partial charge is 0.157 e. The van der Waals surface area contributed by atoms with Crippen molar-refractivity contribution >= 4 is 45.0 Å². The summed E-state index contributed by atoms with van der Waals surface area (Å²) >= 11 is 11.5. The highest BCUT2D eigenvalue weighted by molar-refractivity contribution is 9.10. The van der Waals surface area contributed by atoms with E-state index in [0.29, 0.717) is 22.2 Å². The Bertz CT molecular complexity index is 1180. The van der Waals surface area contributed by atoms with Gasteiger partial charge in [0.1, 0.15) is 11.6 Å². The molecule has 4 aromatic rings. The van der Waals surface area contributed by atoms with E-state index in [9.17, 15) is 0 Å². The summed E-state index contributed by atoms with van der Waals surface area (Å²) < 4.78 is 21.8. The van der Waals surface area contributed by atoms with E-state index in [0.717, 1.165) is 16.0 Å². The van der Waals surface area contributed by atoms with Crippen molar-refractivity contribution < 1.29 is 9.13 Å². The van der Waals surface area contributed by atoms with Crippen molar-refractivity contribution in [1.82, 2.24) is 0 Å². The molecule has 2 nitrogen and oxygen atoms in total. The molecule has 0 saturated heterocycles. The van der Waals surface area contributed by atoms with Crippen molar-refractivity contribution in [2.24, 2.45) is 0 Å². The molecule has 0 saturated carbocycles.